The maximum Gasteiger partial charge on any atom is 0.416 e. The smallest absolute Gasteiger partial charge is 0.326 e. The van der Waals surface area contributed by atoms with E-state index in [1.807, 2.05) is 17.5 Å². The minimum Gasteiger partial charge on any atom is -0.326 e. The fraction of sp³-hybridized carbons (Fsp3) is 0.294. The molecule has 0 spiro atoms. The molecule has 2 amide bonds. The van der Waals surface area contributed by atoms with E-state index in [1.165, 1.54) is 28.4 Å². The largest absolute Gasteiger partial charge is 0.416 e. The van der Waals surface area contributed by atoms with E-state index in [-0.39, 0.29) is 23.9 Å². The van der Waals surface area contributed by atoms with Gasteiger partial charge < -0.3 is 10.2 Å². The summed E-state index contributed by atoms with van der Waals surface area (Å²) >= 11 is 1.50. The van der Waals surface area contributed by atoms with E-state index in [2.05, 4.69) is 5.32 Å². The molecule has 8 heteroatoms. The summed E-state index contributed by atoms with van der Waals surface area (Å²) in [6.45, 7) is 0.363. The number of amides is 2. The first-order chi connectivity index (χ1) is 11.8. The molecular formula is C17H15F3N2O2S. The van der Waals surface area contributed by atoms with Crippen LogP contribution in [0, 0.1) is 0 Å². The average molecular weight is 368 g/mol. The van der Waals surface area contributed by atoms with Gasteiger partial charge >= 0.3 is 6.18 Å². The number of benzene rings is 1. The van der Waals surface area contributed by atoms with Gasteiger partial charge in [0.1, 0.15) is 6.04 Å². The highest BCUT2D eigenvalue weighted by Gasteiger charge is 2.36. The van der Waals surface area contributed by atoms with E-state index < -0.39 is 17.8 Å². The molecule has 1 aromatic heterocycles. The number of carbonyl (C=O) groups excluding carboxylic acids is 2. The Morgan fingerprint density at radius 2 is 1.96 bits per heavy atom. The van der Waals surface area contributed by atoms with Crippen molar-refractivity contribution in [2.45, 2.75) is 31.6 Å². The molecule has 1 aromatic carbocycles. The maximum absolute atomic E-state index is 12.6. The van der Waals surface area contributed by atoms with Gasteiger partial charge in [-0.25, -0.2) is 0 Å². The molecule has 0 bridgehead atoms. The molecular weight excluding hydrogens is 353 g/mol. The molecule has 2 aromatic rings. The standard InChI is InChI=1S/C17H15F3N2O2S/c18-17(19,20)11-3-5-12(6-4-11)21-16(24)14-7-8-15(23)22(14)10-13-2-1-9-25-13/h1-6,9,14H,7-8,10H2,(H,21,24)/t14-/m1/s1. The minimum atomic E-state index is -4.42. The van der Waals surface area contributed by atoms with Crippen LogP contribution in [0.25, 0.3) is 0 Å². The van der Waals surface area contributed by atoms with Crippen LogP contribution in [0.2, 0.25) is 0 Å². The molecule has 25 heavy (non-hydrogen) atoms. The van der Waals surface area contributed by atoms with Gasteiger partial charge in [-0.05, 0) is 42.1 Å². The number of hydrogen-bond acceptors (Lipinski definition) is 3. The second kappa shape index (κ2) is 6.87. The van der Waals surface area contributed by atoms with Gasteiger partial charge in [0.2, 0.25) is 11.8 Å². The van der Waals surface area contributed by atoms with Crippen molar-refractivity contribution < 1.29 is 22.8 Å². The second-order valence-corrected chi connectivity index (χ2v) is 6.75. The fourth-order valence-electron chi connectivity index (χ4n) is 2.74. The van der Waals surface area contributed by atoms with Crippen LogP contribution in [0.3, 0.4) is 0 Å². The number of likely N-dealkylation sites (tertiary alicyclic amines) is 1. The Balaban J connectivity index is 1.68. The third kappa shape index (κ3) is 4.01. The van der Waals surface area contributed by atoms with E-state index in [0.717, 1.165) is 17.0 Å². The van der Waals surface area contributed by atoms with Crippen LogP contribution in [0.1, 0.15) is 23.3 Å². The van der Waals surface area contributed by atoms with Crippen molar-refractivity contribution in [2.24, 2.45) is 0 Å². The number of hydrogen-bond donors (Lipinski definition) is 1. The average Bonchev–Trinajstić information content (AvgIpc) is 3.18. The van der Waals surface area contributed by atoms with Gasteiger partial charge in [-0.1, -0.05) is 6.07 Å². The molecule has 1 saturated heterocycles. The third-order valence-electron chi connectivity index (χ3n) is 4.02. The number of halogens is 3. The lowest BCUT2D eigenvalue weighted by molar-refractivity contribution is -0.137. The molecule has 1 fully saturated rings. The van der Waals surface area contributed by atoms with E-state index in [1.54, 1.807) is 0 Å². The Hall–Kier alpha value is -2.35. The predicted molar refractivity (Wildman–Crippen MR) is 88.0 cm³/mol. The zero-order valence-corrected chi connectivity index (χ0v) is 13.9. The molecule has 3 rings (SSSR count). The van der Waals surface area contributed by atoms with Gasteiger partial charge in [0.05, 0.1) is 12.1 Å². The third-order valence-corrected chi connectivity index (χ3v) is 4.88. The van der Waals surface area contributed by atoms with E-state index in [4.69, 9.17) is 0 Å². The Bertz CT molecular complexity index is 757. The summed E-state index contributed by atoms with van der Waals surface area (Å²) in [7, 11) is 0. The van der Waals surface area contributed by atoms with Gasteiger partial charge in [0.25, 0.3) is 0 Å². The summed E-state index contributed by atoms with van der Waals surface area (Å²) in [5.41, 5.74) is -0.505. The Kier molecular flexibility index (Phi) is 4.80. The van der Waals surface area contributed by atoms with Crippen LogP contribution < -0.4 is 5.32 Å². The van der Waals surface area contributed by atoms with Crippen LogP contribution >= 0.6 is 11.3 Å². The molecule has 0 unspecified atom stereocenters. The highest BCUT2D eigenvalue weighted by Crippen LogP contribution is 2.30. The van der Waals surface area contributed by atoms with Crippen molar-refractivity contribution >= 4 is 28.8 Å². The monoisotopic (exact) mass is 368 g/mol. The van der Waals surface area contributed by atoms with Gasteiger partial charge in [-0.3, -0.25) is 9.59 Å². The van der Waals surface area contributed by atoms with Crippen molar-refractivity contribution in [3.05, 3.63) is 52.2 Å². The lowest BCUT2D eigenvalue weighted by Crippen LogP contribution is -2.41. The Morgan fingerprint density at radius 1 is 1.24 bits per heavy atom. The number of thiophene rings is 1. The summed E-state index contributed by atoms with van der Waals surface area (Å²) in [6, 6.07) is 7.40. The molecule has 1 atom stereocenters. The van der Waals surface area contributed by atoms with Crippen LogP contribution in [0.15, 0.2) is 41.8 Å². The summed E-state index contributed by atoms with van der Waals surface area (Å²) in [4.78, 5) is 27.0. The number of carbonyl (C=O) groups is 2. The van der Waals surface area contributed by atoms with E-state index in [9.17, 15) is 22.8 Å². The quantitative estimate of drug-likeness (QED) is 0.890. The van der Waals surface area contributed by atoms with E-state index in [0.29, 0.717) is 13.0 Å². The predicted octanol–water partition coefficient (Wildman–Crippen LogP) is 3.90. The first-order valence-corrected chi connectivity index (χ1v) is 8.52. The van der Waals surface area contributed by atoms with Gasteiger partial charge in [-0.2, -0.15) is 13.2 Å². The molecule has 0 saturated carbocycles. The van der Waals surface area contributed by atoms with E-state index >= 15 is 0 Å². The SMILES string of the molecule is O=C(Nc1ccc(C(F)(F)F)cc1)[C@H]1CCC(=O)N1Cc1cccs1. The molecule has 132 valence electrons. The van der Waals surface area contributed by atoms with Gasteiger partial charge in [0.15, 0.2) is 0 Å². The number of alkyl halides is 3. The topological polar surface area (TPSA) is 49.4 Å². The second-order valence-electron chi connectivity index (χ2n) is 5.72. The molecule has 2 heterocycles. The normalized spacial score (nSPS) is 17.8. The zero-order chi connectivity index (χ0) is 18.0. The molecule has 1 aliphatic heterocycles. The van der Waals surface area contributed by atoms with Crippen molar-refractivity contribution in [1.82, 2.24) is 4.90 Å². The molecule has 0 aliphatic carbocycles. The number of anilines is 1. The van der Waals surface area contributed by atoms with Crippen molar-refractivity contribution in [1.29, 1.82) is 0 Å². The van der Waals surface area contributed by atoms with Crippen molar-refractivity contribution in [3.63, 3.8) is 0 Å². The number of nitrogens with zero attached hydrogens (tertiary/aromatic N) is 1. The van der Waals surface area contributed by atoms with Crippen molar-refractivity contribution in [2.75, 3.05) is 5.32 Å². The maximum atomic E-state index is 12.6. The molecule has 1 N–H and O–H groups in total. The molecule has 0 radical (unpaired) electrons. The number of nitrogens with one attached hydrogen (secondary N) is 1. The summed E-state index contributed by atoms with van der Waals surface area (Å²) in [5, 5.41) is 4.49. The van der Waals surface area contributed by atoms with Crippen LogP contribution in [-0.2, 0) is 22.3 Å². The number of rotatable bonds is 4. The zero-order valence-electron chi connectivity index (χ0n) is 13.0. The highest BCUT2D eigenvalue weighted by atomic mass is 32.1. The van der Waals surface area contributed by atoms with Gasteiger partial charge in [0, 0.05) is 17.0 Å². The first kappa shape index (κ1) is 17.5. The fourth-order valence-corrected chi connectivity index (χ4v) is 3.45. The summed E-state index contributed by atoms with van der Waals surface area (Å²) in [5.74, 6) is -0.483. The lowest BCUT2D eigenvalue weighted by atomic mass is 10.1. The molecule has 1 aliphatic rings. The van der Waals surface area contributed by atoms with Gasteiger partial charge in [-0.15, -0.1) is 11.3 Å². The molecule has 4 nitrogen and oxygen atoms in total. The van der Waals surface area contributed by atoms with Crippen LogP contribution in [-0.4, -0.2) is 22.8 Å². The minimum absolute atomic E-state index is 0.0963. The van der Waals surface area contributed by atoms with Crippen LogP contribution in [0.5, 0.6) is 0 Å². The summed E-state index contributed by atoms with van der Waals surface area (Å²) < 4.78 is 37.7. The highest BCUT2D eigenvalue weighted by molar-refractivity contribution is 7.09. The Morgan fingerprint density at radius 3 is 2.56 bits per heavy atom. The lowest BCUT2D eigenvalue weighted by Gasteiger charge is -2.23. The van der Waals surface area contributed by atoms with Crippen molar-refractivity contribution in [3.8, 4) is 0 Å². The summed E-state index contributed by atoms with van der Waals surface area (Å²) in [6.07, 6.45) is -3.73. The first-order valence-electron chi connectivity index (χ1n) is 7.64. The Labute approximate surface area is 146 Å². The van der Waals surface area contributed by atoms with Crippen LogP contribution in [0.4, 0.5) is 18.9 Å².